The lowest BCUT2D eigenvalue weighted by atomic mass is 9.76. The van der Waals surface area contributed by atoms with E-state index < -0.39 is 0 Å². The Balaban J connectivity index is 2.76. The SMILES string of the molecule is CCCNCC(Cc1ccc(F)cc1C)C(C)(C)C. The molecule has 19 heavy (non-hydrogen) atoms. The molecule has 0 saturated heterocycles. The van der Waals surface area contributed by atoms with Crippen LogP contribution in [-0.2, 0) is 6.42 Å². The highest BCUT2D eigenvalue weighted by molar-refractivity contribution is 5.27. The van der Waals surface area contributed by atoms with Crippen molar-refractivity contribution < 1.29 is 4.39 Å². The monoisotopic (exact) mass is 265 g/mol. The molecule has 1 N–H and O–H groups in total. The maximum Gasteiger partial charge on any atom is 0.123 e. The minimum atomic E-state index is -0.141. The smallest absolute Gasteiger partial charge is 0.123 e. The van der Waals surface area contributed by atoms with Crippen molar-refractivity contribution in [2.75, 3.05) is 13.1 Å². The second-order valence-electron chi connectivity index (χ2n) is 6.54. The molecule has 0 aliphatic heterocycles. The molecule has 1 atom stereocenters. The van der Waals surface area contributed by atoms with Gasteiger partial charge in [0.2, 0.25) is 0 Å². The van der Waals surface area contributed by atoms with Gasteiger partial charge in [-0.2, -0.15) is 0 Å². The number of hydrogen-bond acceptors (Lipinski definition) is 1. The van der Waals surface area contributed by atoms with Crippen molar-refractivity contribution in [3.8, 4) is 0 Å². The topological polar surface area (TPSA) is 12.0 Å². The molecule has 0 fully saturated rings. The molecule has 0 radical (unpaired) electrons. The first kappa shape index (κ1) is 16.2. The van der Waals surface area contributed by atoms with E-state index in [0.29, 0.717) is 5.92 Å². The van der Waals surface area contributed by atoms with Gasteiger partial charge < -0.3 is 5.32 Å². The number of aryl methyl sites for hydroxylation is 1. The fourth-order valence-electron chi connectivity index (χ4n) is 2.29. The van der Waals surface area contributed by atoms with Crippen molar-refractivity contribution in [3.05, 3.63) is 35.1 Å². The number of nitrogens with one attached hydrogen (secondary N) is 1. The third-order valence-electron chi connectivity index (χ3n) is 3.81. The lowest BCUT2D eigenvalue weighted by Gasteiger charge is -2.31. The van der Waals surface area contributed by atoms with E-state index in [-0.39, 0.29) is 11.2 Å². The molecule has 1 aromatic rings. The zero-order valence-corrected chi connectivity index (χ0v) is 13.0. The van der Waals surface area contributed by atoms with Gasteiger partial charge >= 0.3 is 0 Å². The van der Waals surface area contributed by atoms with Gasteiger partial charge in [-0.25, -0.2) is 4.39 Å². The highest BCUT2D eigenvalue weighted by Crippen LogP contribution is 2.29. The summed E-state index contributed by atoms with van der Waals surface area (Å²) in [7, 11) is 0. The summed E-state index contributed by atoms with van der Waals surface area (Å²) in [5.41, 5.74) is 2.58. The van der Waals surface area contributed by atoms with E-state index in [0.717, 1.165) is 31.5 Å². The van der Waals surface area contributed by atoms with Crippen LogP contribution in [0.4, 0.5) is 4.39 Å². The molecule has 1 nitrogen and oxygen atoms in total. The van der Waals surface area contributed by atoms with E-state index in [9.17, 15) is 4.39 Å². The van der Waals surface area contributed by atoms with Crippen molar-refractivity contribution in [2.45, 2.75) is 47.5 Å². The van der Waals surface area contributed by atoms with E-state index in [1.165, 1.54) is 5.56 Å². The van der Waals surface area contributed by atoms with Gasteiger partial charge in [-0.05, 0) is 67.4 Å². The van der Waals surface area contributed by atoms with Gasteiger partial charge in [0.05, 0.1) is 0 Å². The van der Waals surface area contributed by atoms with Crippen LogP contribution < -0.4 is 5.32 Å². The van der Waals surface area contributed by atoms with Gasteiger partial charge in [-0.3, -0.25) is 0 Å². The summed E-state index contributed by atoms with van der Waals surface area (Å²) >= 11 is 0. The van der Waals surface area contributed by atoms with Gasteiger partial charge in [-0.1, -0.05) is 33.8 Å². The van der Waals surface area contributed by atoms with Crippen LogP contribution in [0, 0.1) is 24.1 Å². The van der Waals surface area contributed by atoms with Crippen LogP contribution in [0.25, 0.3) is 0 Å². The summed E-state index contributed by atoms with van der Waals surface area (Å²) in [6, 6.07) is 5.14. The van der Waals surface area contributed by atoms with Crippen LogP contribution in [0.5, 0.6) is 0 Å². The molecule has 1 rings (SSSR count). The third kappa shape index (κ3) is 5.32. The normalized spacial score (nSPS) is 13.6. The van der Waals surface area contributed by atoms with E-state index in [2.05, 4.69) is 33.0 Å². The summed E-state index contributed by atoms with van der Waals surface area (Å²) < 4.78 is 13.2. The minimum Gasteiger partial charge on any atom is -0.316 e. The Bertz CT molecular complexity index is 393. The highest BCUT2D eigenvalue weighted by atomic mass is 19.1. The molecule has 0 aliphatic rings. The van der Waals surface area contributed by atoms with Crippen molar-refractivity contribution in [3.63, 3.8) is 0 Å². The predicted octanol–water partition coefficient (Wildman–Crippen LogP) is 4.34. The Hall–Kier alpha value is -0.890. The molecule has 108 valence electrons. The van der Waals surface area contributed by atoms with Gasteiger partial charge in [-0.15, -0.1) is 0 Å². The Morgan fingerprint density at radius 1 is 1.26 bits per heavy atom. The largest absolute Gasteiger partial charge is 0.316 e. The first-order valence-corrected chi connectivity index (χ1v) is 7.30. The van der Waals surface area contributed by atoms with Gasteiger partial charge in [0.25, 0.3) is 0 Å². The molecule has 1 unspecified atom stereocenters. The summed E-state index contributed by atoms with van der Waals surface area (Å²) in [5, 5.41) is 3.52. The fraction of sp³-hybridized carbons (Fsp3) is 0.647. The minimum absolute atomic E-state index is 0.141. The van der Waals surface area contributed by atoms with Gasteiger partial charge in [0, 0.05) is 0 Å². The second kappa shape index (κ2) is 7.04. The molecule has 0 aromatic heterocycles. The molecule has 0 bridgehead atoms. The molecule has 0 saturated carbocycles. The molecule has 0 aliphatic carbocycles. The Morgan fingerprint density at radius 2 is 1.95 bits per heavy atom. The predicted molar refractivity (Wildman–Crippen MR) is 80.9 cm³/mol. The number of hydrogen-bond donors (Lipinski definition) is 1. The maximum absolute atomic E-state index is 13.2. The summed E-state index contributed by atoms with van der Waals surface area (Å²) in [5.74, 6) is 0.417. The van der Waals surface area contributed by atoms with Crippen LogP contribution in [0.1, 0.15) is 45.2 Å². The zero-order valence-electron chi connectivity index (χ0n) is 13.0. The summed E-state index contributed by atoms with van der Waals surface area (Å²) in [4.78, 5) is 0. The van der Waals surface area contributed by atoms with E-state index >= 15 is 0 Å². The Kier molecular flexibility index (Phi) is 5.99. The van der Waals surface area contributed by atoms with Crippen LogP contribution in [0.15, 0.2) is 18.2 Å². The molecular weight excluding hydrogens is 237 g/mol. The van der Waals surface area contributed by atoms with Crippen LogP contribution in [-0.4, -0.2) is 13.1 Å². The average molecular weight is 265 g/mol. The lowest BCUT2D eigenvalue weighted by molar-refractivity contribution is 0.231. The lowest BCUT2D eigenvalue weighted by Crippen LogP contribution is -2.34. The molecular formula is C17H28FN. The fourth-order valence-corrected chi connectivity index (χ4v) is 2.29. The van der Waals surface area contributed by atoms with Crippen molar-refractivity contribution >= 4 is 0 Å². The van der Waals surface area contributed by atoms with Crippen molar-refractivity contribution in [1.82, 2.24) is 5.32 Å². The van der Waals surface area contributed by atoms with Crippen LogP contribution >= 0.6 is 0 Å². The molecule has 0 spiro atoms. The van der Waals surface area contributed by atoms with E-state index in [1.807, 2.05) is 13.0 Å². The molecule has 1 aromatic carbocycles. The average Bonchev–Trinajstić information content (AvgIpc) is 2.29. The molecule has 2 heteroatoms. The van der Waals surface area contributed by atoms with E-state index in [1.54, 1.807) is 12.1 Å². The second-order valence-corrected chi connectivity index (χ2v) is 6.54. The van der Waals surface area contributed by atoms with Crippen LogP contribution in [0.3, 0.4) is 0 Å². The number of halogens is 1. The first-order valence-electron chi connectivity index (χ1n) is 7.30. The standard InChI is InChI=1S/C17H28FN/c1-6-9-19-12-15(17(3,4)5)11-14-7-8-16(18)10-13(14)2/h7-8,10,15,19H,6,9,11-12H2,1-5H3. The van der Waals surface area contributed by atoms with Crippen LogP contribution in [0.2, 0.25) is 0 Å². The Labute approximate surface area is 117 Å². The summed E-state index contributed by atoms with van der Waals surface area (Å²) in [6.07, 6.45) is 2.17. The quantitative estimate of drug-likeness (QED) is 0.755. The van der Waals surface area contributed by atoms with Crippen molar-refractivity contribution in [2.24, 2.45) is 11.3 Å². The highest BCUT2D eigenvalue weighted by Gasteiger charge is 2.24. The number of benzene rings is 1. The maximum atomic E-state index is 13.2. The summed E-state index contributed by atoms with van der Waals surface area (Å²) in [6.45, 7) is 13.1. The van der Waals surface area contributed by atoms with Gasteiger partial charge in [0.15, 0.2) is 0 Å². The number of rotatable bonds is 6. The van der Waals surface area contributed by atoms with Crippen molar-refractivity contribution in [1.29, 1.82) is 0 Å². The van der Waals surface area contributed by atoms with E-state index in [4.69, 9.17) is 0 Å². The molecule has 0 heterocycles. The molecule has 0 amide bonds. The zero-order chi connectivity index (χ0) is 14.5. The third-order valence-corrected chi connectivity index (χ3v) is 3.81. The first-order chi connectivity index (χ1) is 8.84. The van der Waals surface area contributed by atoms with Gasteiger partial charge in [0.1, 0.15) is 5.82 Å². The Morgan fingerprint density at radius 3 is 2.47 bits per heavy atom.